The van der Waals surface area contributed by atoms with Gasteiger partial charge in [-0.25, -0.2) is 9.78 Å². The number of nitrogens with two attached hydrogens (primary N) is 1. The van der Waals surface area contributed by atoms with E-state index in [4.69, 9.17) is 5.73 Å². The molecule has 7 N–H and O–H groups in total. The summed E-state index contributed by atoms with van der Waals surface area (Å²) in [4.78, 5) is 63.2. The van der Waals surface area contributed by atoms with Gasteiger partial charge in [-0.15, -0.1) is 0 Å². The molecule has 4 unspecified atom stereocenters. The summed E-state index contributed by atoms with van der Waals surface area (Å²) in [6.45, 7) is 0.318. The van der Waals surface area contributed by atoms with E-state index in [9.17, 15) is 24.3 Å². The third-order valence-electron chi connectivity index (χ3n) is 7.11. The number of imidazole rings is 1. The number of thioether (sulfide) groups is 1. The van der Waals surface area contributed by atoms with Crippen LogP contribution >= 0.6 is 11.8 Å². The smallest absolute Gasteiger partial charge is 0.326 e. The standard InChI is InChI=1S/C27H35N7O5S/c1-40-10-8-21(26(37)34-9-4-7-23(34)27(38)39)32-25(36)22(12-17-14-29-15-31-17)33-24(35)19(28)11-16-13-30-20-6-3-2-5-18(16)20/h2-3,5-6,13-15,19,21-23,30H,4,7-12,28H2,1H3,(H,29,31)(H,32,36)(H,33,35)(H,38,39). The molecule has 3 heterocycles. The van der Waals surface area contributed by atoms with Crippen LogP contribution in [0.15, 0.2) is 43.0 Å². The number of likely N-dealkylation sites (tertiary alicyclic amines) is 1. The Morgan fingerprint density at radius 2 is 1.93 bits per heavy atom. The Labute approximate surface area is 235 Å². The SMILES string of the molecule is CSCCC(NC(=O)C(Cc1cnc[nH]1)NC(=O)C(N)Cc1c[nH]c2ccccc12)C(=O)N1CCCC1C(=O)O. The number of hydrogen-bond donors (Lipinski definition) is 6. The molecule has 0 saturated carbocycles. The van der Waals surface area contributed by atoms with Crippen molar-refractivity contribution in [2.24, 2.45) is 5.73 Å². The first kappa shape index (κ1) is 29.2. The van der Waals surface area contributed by atoms with E-state index < -0.39 is 47.9 Å². The molecule has 1 aliphatic rings. The number of aliphatic carboxylic acids is 1. The second-order valence-corrected chi connectivity index (χ2v) is 10.9. The molecule has 1 aromatic carbocycles. The van der Waals surface area contributed by atoms with Gasteiger partial charge in [0, 0.05) is 42.0 Å². The highest BCUT2D eigenvalue weighted by Crippen LogP contribution is 2.21. The van der Waals surface area contributed by atoms with Gasteiger partial charge in [-0.1, -0.05) is 18.2 Å². The third kappa shape index (κ3) is 7.02. The molecule has 3 aromatic rings. The van der Waals surface area contributed by atoms with Crippen LogP contribution in [-0.2, 0) is 32.0 Å². The molecule has 2 aromatic heterocycles. The topological polar surface area (TPSA) is 186 Å². The van der Waals surface area contributed by atoms with Gasteiger partial charge in [-0.2, -0.15) is 11.8 Å². The summed E-state index contributed by atoms with van der Waals surface area (Å²) in [5, 5.41) is 16.1. The van der Waals surface area contributed by atoms with Crippen LogP contribution in [0.25, 0.3) is 10.9 Å². The number of nitrogens with zero attached hydrogens (tertiary/aromatic N) is 2. The Hall–Kier alpha value is -3.84. The molecule has 0 spiro atoms. The summed E-state index contributed by atoms with van der Waals surface area (Å²) in [6, 6.07) is 3.89. The molecule has 214 valence electrons. The number of benzene rings is 1. The minimum atomic E-state index is -1.06. The molecule has 4 atom stereocenters. The Morgan fingerprint density at radius 3 is 2.65 bits per heavy atom. The van der Waals surface area contributed by atoms with Crippen molar-refractivity contribution in [1.29, 1.82) is 0 Å². The zero-order valence-corrected chi connectivity index (χ0v) is 23.1. The monoisotopic (exact) mass is 569 g/mol. The lowest BCUT2D eigenvalue weighted by atomic mass is 10.0. The van der Waals surface area contributed by atoms with Crippen molar-refractivity contribution >= 4 is 46.4 Å². The van der Waals surface area contributed by atoms with Crippen LogP contribution in [0, 0.1) is 0 Å². The van der Waals surface area contributed by atoms with Crippen LogP contribution in [-0.4, -0.2) is 91.4 Å². The number of H-pyrrole nitrogens is 2. The van der Waals surface area contributed by atoms with Crippen molar-refractivity contribution < 1.29 is 24.3 Å². The summed E-state index contributed by atoms with van der Waals surface area (Å²) in [5.74, 6) is -1.99. The Balaban J connectivity index is 1.48. The third-order valence-corrected chi connectivity index (χ3v) is 7.75. The zero-order chi connectivity index (χ0) is 28.6. The fraction of sp³-hybridized carbons (Fsp3) is 0.444. The van der Waals surface area contributed by atoms with E-state index in [0.717, 1.165) is 16.5 Å². The van der Waals surface area contributed by atoms with Gasteiger partial charge >= 0.3 is 5.97 Å². The lowest BCUT2D eigenvalue weighted by Gasteiger charge is -2.29. The summed E-state index contributed by atoms with van der Waals surface area (Å²) in [7, 11) is 0. The number of nitrogens with one attached hydrogen (secondary N) is 4. The maximum Gasteiger partial charge on any atom is 0.326 e. The largest absolute Gasteiger partial charge is 0.480 e. The normalized spacial score (nSPS) is 17.4. The summed E-state index contributed by atoms with van der Waals surface area (Å²) in [6.07, 6.45) is 8.36. The number of aromatic amines is 2. The number of carboxylic acids is 1. The number of carbonyl (C=O) groups is 4. The first-order chi connectivity index (χ1) is 19.3. The number of rotatable bonds is 13. The molecule has 3 amide bonds. The summed E-state index contributed by atoms with van der Waals surface area (Å²) in [5.41, 5.74) is 8.70. The number of amides is 3. The van der Waals surface area contributed by atoms with Crippen LogP contribution in [0.5, 0.6) is 0 Å². The van der Waals surface area contributed by atoms with Crippen molar-refractivity contribution in [2.45, 2.75) is 56.3 Å². The van der Waals surface area contributed by atoms with Gasteiger partial charge in [0.15, 0.2) is 0 Å². The van der Waals surface area contributed by atoms with Crippen molar-refractivity contribution in [3.63, 3.8) is 0 Å². The van der Waals surface area contributed by atoms with Gasteiger partial charge in [-0.3, -0.25) is 14.4 Å². The van der Waals surface area contributed by atoms with E-state index in [-0.39, 0.29) is 12.8 Å². The predicted octanol–water partition coefficient (Wildman–Crippen LogP) is 0.802. The Kier molecular flexibility index (Phi) is 9.83. The van der Waals surface area contributed by atoms with Gasteiger partial charge in [0.2, 0.25) is 17.7 Å². The number of para-hydroxylation sites is 1. The van der Waals surface area contributed by atoms with Gasteiger partial charge in [0.05, 0.1) is 12.4 Å². The molecular weight excluding hydrogens is 534 g/mol. The second kappa shape index (κ2) is 13.5. The van der Waals surface area contributed by atoms with Crippen LogP contribution in [0.4, 0.5) is 0 Å². The lowest BCUT2D eigenvalue weighted by molar-refractivity contribution is -0.149. The van der Waals surface area contributed by atoms with E-state index in [0.29, 0.717) is 37.3 Å². The maximum absolute atomic E-state index is 13.5. The summed E-state index contributed by atoms with van der Waals surface area (Å²) >= 11 is 1.51. The van der Waals surface area contributed by atoms with Crippen LogP contribution in [0.1, 0.15) is 30.5 Å². The molecule has 40 heavy (non-hydrogen) atoms. The van der Waals surface area contributed by atoms with Crippen LogP contribution in [0.3, 0.4) is 0 Å². The van der Waals surface area contributed by atoms with E-state index >= 15 is 0 Å². The van der Waals surface area contributed by atoms with E-state index in [1.54, 1.807) is 6.20 Å². The quantitative estimate of drug-likeness (QED) is 0.174. The minimum absolute atomic E-state index is 0.0995. The second-order valence-electron chi connectivity index (χ2n) is 9.88. The highest BCUT2D eigenvalue weighted by molar-refractivity contribution is 7.98. The molecular formula is C27H35N7O5S. The lowest BCUT2D eigenvalue weighted by Crippen LogP contribution is -2.58. The number of fused-ring (bicyclic) bond motifs is 1. The van der Waals surface area contributed by atoms with Gasteiger partial charge in [0.25, 0.3) is 0 Å². The van der Waals surface area contributed by atoms with Crippen LogP contribution < -0.4 is 16.4 Å². The zero-order valence-electron chi connectivity index (χ0n) is 22.3. The Bertz CT molecular complexity index is 1330. The van der Waals surface area contributed by atoms with Gasteiger partial charge in [0.1, 0.15) is 18.1 Å². The number of carbonyl (C=O) groups excluding carboxylic acids is 3. The van der Waals surface area contributed by atoms with Crippen LogP contribution in [0.2, 0.25) is 0 Å². The van der Waals surface area contributed by atoms with Gasteiger partial charge < -0.3 is 36.3 Å². The minimum Gasteiger partial charge on any atom is -0.480 e. The van der Waals surface area contributed by atoms with Gasteiger partial charge in [-0.05, 0) is 49.3 Å². The summed E-state index contributed by atoms with van der Waals surface area (Å²) < 4.78 is 0. The first-order valence-electron chi connectivity index (χ1n) is 13.2. The van der Waals surface area contributed by atoms with Crippen molar-refractivity contribution in [1.82, 2.24) is 30.5 Å². The fourth-order valence-electron chi connectivity index (χ4n) is 4.99. The molecule has 0 aliphatic carbocycles. The fourth-order valence-corrected chi connectivity index (χ4v) is 5.46. The van der Waals surface area contributed by atoms with E-state index in [1.165, 1.54) is 23.0 Å². The Morgan fingerprint density at radius 1 is 1.15 bits per heavy atom. The van der Waals surface area contributed by atoms with Crippen molar-refractivity contribution in [3.8, 4) is 0 Å². The average molecular weight is 570 g/mol. The average Bonchev–Trinajstić information content (AvgIpc) is 3.72. The maximum atomic E-state index is 13.5. The molecule has 0 radical (unpaired) electrons. The molecule has 4 rings (SSSR count). The van der Waals surface area contributed by atoms with E-state index in [1.807, 2.05) is 36.7 Å². The molecule has 0 bridgehead atoms. The highest BCUT2D eigenvalue weighted by Gasteiger charge is 2.38. The molecule has 12 nitrogen and oxygen atoms in total. The van der Waals surface area contributed by atoms with E-state index in [2.05, 4.69) is 25.6 Å². The van der Waals surface area contributed by atoms with Crippen molar-refractivity contribution in [3.05, 3.63) is 54.2 Å². The predicted molar refractivity (Wildman–Crippen MR) is 152 cm³/mol. The molecule has 1 aliphatic heterocycles. The number of aromatic nitrogens is 3. The number of hydrogen-bond acceptors (Lipinski definition) is 7. The molecule has 1 saturated heterocycles. The number of carboxylic acid groups (broad SMARTS) is 1. The highest BCUT2D eigenvalue weighted by atomic mass is 32.2. The molecule has 1 fully saturated rings. The first-order valence-corrected chi connectivity index (χ1v) is 14.6. The molecule has 13 heteroatoms. The van der Waals surface area contributed by atoms with Crippen molar-refractivity contribution in [2.75, 3.05) is 18.6 Å².